The first-order valence-electron chi connectivity index (χ1n) is 3.84. The van der Waals surface area contributed by atoms with Crippen molar-refractivity contribution in [2.45, 2.75) is 42.3 Å². The van der Waals surface area contributed by atoms with Crippen LogP contribution in [0.3, 0.4) is 0 Å². The predicted molar refractivity (Wildman–Crippen MR) is 55.5 cm³/mol. The third kappa shape index (κ3) is 2.59. The summed E-state index contributed by atoms with van der Waals surface area (Å²) < 4.78 is 1.77. The second-order valence-corrected chi connectivity index (χ2v) is 7.07. The van der Waals surface area contributed by atoms with Crippen molar-refractivity contribution in [3.8, 4) is 0 Å². The van der Waals surface area contributed by atoms with E-state index in [0.717, 1.165) is 9.16 Å². The lowest BCUT2D eigenvalue weighted by molar-refractivity contribution is 0.871. The standard InChI is InChI=1S/C7H14S3/c1-3-5-7-8-6(4-2)9-10-7/h6-7H,3-5H2,1-2H3. The van der Waals surface area contributed by atoms with Gasteiger partial charge < -0.3 is 0 Å². The summed E-state index contributed by atoms with van der Waals surface area (Å²) in [5.74, 6) is 0. The highest BCUT2D eigenvalue weighted by molar-refractivity contribution is 8.82. The smallest absolute Gasteiger partial charge is 0.0617 e. The molecule has 1 aliphatic rings. The molecule has 1 heterocycles. The van der Waals surface area contributed by atoms with Crippen LogP contribution in [0.5, 0.6) is 0 Å². The number of hydrogen-bond acceptors (Lipinski definition) is 3. The fraction of sp³-hybridized carbons (Fsp3) is 1.00. The number of thioether (sulfide) groups is 1. The summed E-state index contributed by atoms with van der Waals surface area (Å²) in [4.78, 5) is 0. The fourth-order valence-corrected chi connectivity index (χ4v) is 6.93. The first-order chi connectivity index (χ1) is 4.86. The number of rotatable bonds is 3. The Labute approximate surface area is 75.7 Å². The van der Waals surface area contributed by atoms with Gasteiger partial charge in [0.15, 0.2) is 0 Å². The molecule has 0 aromatic rings. The molecule has 1 saturated heterocycles. The molecule has 0 N–H and O–H groups in total. The van der Waals surface area contributed by atoms with Crippen molar-refractivity contribution in [1.29, 1.82) is 0 Å². The molecular weight excluding hydrogens is 180 g/mol. The van der Waals surface area contributed by atoms with Crippen molar-refractivity contribution in [2.24, 2.45) is 0 Å². The van der Waals surface area contributed by atoms with Gasteiger partial charge in [-0.05, 0) is 12.8 Å². The molecule has 0 aromatic heterocycles. The van der Waals surface area contributed by atoms with Gasteiger partial charge in [0.05, 0.1) is 9.16 Å². The van der Waals surface area contributed by atoms with Crippen LogP contribution in [0.25, 0.3) is 0 Å². The van der Waals surface area contributed by atoms with Gasteiger partial charge in [0.25, 0.3) is 0 Å². The van der Waals surface area contributed by atoms with Crippen LogP contribution in [0.15, 0.2) is 0 Å². The summed E-state index contributed by atoms with van der Waals surface area (Å²) in [5.41, 5.74) is 0. The summed E-state index contributed by atoms with van der Waals surface area (Å²) >= 11 is 2.16. The molecule has 2 atom stereocenters. The summed E-state index contributed by atoms with van der Waals surface area (Å²) in [6.07, 6.45) is 4.04. The quantitative estimate of drug-likeness (QED) is 0.624. The second-order valence-electron chi connectivity index (χ2n) is 2.38. The molecule has 0 spiro atoms. The second kappa shape index (κ2) is 4.83. The maximum absolute atomic E-state index is 2.28. The van der Waals surface area contributed by atoms with Crippen molar-refractivity contribution in [2.75, 3.05) is 0 Å². The Morgan fingerprint density at radius 1 is 1.10 bits per heavy atom. The van der Waals surface area contributed by atoms with Crippen molar-refractivity contribution in [3.05, 3.63) is 0 Å². The van der Waals surface area contributed by atoms with Gasteiger partial charge in [-0.2, -0.15) is 0 Å². The lowest BCUT2D eigenvalue weighted by Crippen LogP contribution is -1.93. The molecule has 0 bridgehead atoms. The summed E-state index contributed by atoms with van der Waals surface area (Å²) in [7, 11) is 4.15. The lowest BCUT2D eigenvalue weighted by Gasteiger charge is -2.04. The van der Waals surface area contributed by atoms with Gasteiger partial charge in [0.1, 0.15) is 0 Å². The number of hydrogen-bond donors (Lipinski definition) is 0. The summed E-state index contributed by atoms with van der Waals surface area (Å²) in [5, 5.41) is 0. The van der Waals surface area contributed by atoms with E-state index in [4.69, 9.17) is 0 Å². The monoisotopic (exact) mass is 194 g/mol. The van der Waals surface area contributed by atoms with Gasteiger partial charge in [0, 0.05) is 0 Å². The van der Waals surface area contributed by atoms with Gasteiger partial charge in [0.2, 0.25) is 0 Å². The van der Waals surface area contributed by atoms with E-state index in [1.165, 1.54) is 19.3 Å². The molecule has 0 saturated carbocycles. The largest absolute Gasteiger partial charge is 0.131 e. The maximum Gasteiger partial charge on any atom is 0.0617 e. The first kappa shape index (κ1) is 9.14. The van der Waals surface area contributed by atoms with Gasteiger partial charge in [-0.3, -0.25) is 0 Å². The van der Waals surface area contributed by atoms with Crippen molar-refractivity contribution in [3.63, 3.8) is 0 Å². The average Bonchev–Trinajstić information content (AvgIpc) is 2.37. The van der Waals surface area contributed by atoms with Crippen molar-refractivity contribution >= 4 is 33.3 Å². The van der Waals surface area contributed by atoms with Crippen LogP contribution in [0.1, 0.15) is 33.1 Å². The van der Waals surface area contributed by atoms with Crippen LogP contribution in [0, 0.1) is 0 Å². The first-order valence-corrected chi connectivity index (χ1v) is 7.06. The molecular formula is C7H14S3. The molecule has 1 fully saturated rings. The van der Waals surface area contributed by atoms with Gasteiger partial charge in [-0.1, -0.05) is 41.9 Å². The molecule has 0 aliphatic carbocycles. The van der Waals surface area contributed by atoms with E-state index < -0.39 is 0 Å². The molecule has 0 aromatic carbocycles. The summed E-state index contributed by atoms with van der Waals surface area (Å²) in [6, 6.07) is 0. The Bertz CT molecular complexity index is 94.9. The van der Waals surface area contributed by atoms with Crippen LogP contribution in [-0.2, 0) is 0 Å². The minimum Gasteiger partial charge on any atom is -0.131 e. The van der Waals surface area contributed by atoms with E-state index in [1.807, 2.05) is 0 Å². The Morgan fingerprint density at radius 3 is 2.30 bits per heavy atom. The molecule has 2 unspecified atom stereocenters. The molecule has 0 amide bonds. The van der Waals surface area contributed by atoms with Crippen LogP contribution in [0.2, 0.25) is 0 Å². The van der Waals surface area contributed by atoms with E-state index in [2.05, 4.69) is 47.2 Å². The summed E-state index contributed by atoms with van der Waals surface area (Å²) in [6.45, 7) is 4.55. The highest BCUT2D eigenvalue weighted by atomic mass is 33.1. The molecule has 1 rings (SSSR count). The zero-order valence-corrected chi connectivity index (χ0v) is 8.95. The van der Waals surface area contributed by atoms with E-state index in [9.17, 15) is 0 Å². The minimum absolute atomic E-state index is 0.876. The Kier molecular flexibility index (Phi) is 4.42. The van der Waals surface area contributed by atoms with E-state index in [-0.39, 0.29) is 0 Å². The SMILES string of the molecule is CCCC1SSC(CC)S1. The topological polar surface area (TPSA) is 0 Å². The lowest BCUT2D eigenvalue weighted by atomic mass is 10.4. The van der Waals surface area contributed by atoms with Gasteiger partial charge in [-0.15, -0.1) is 11.8 Å². The zero-order chi connectivity index (χ0) is 7.40. The molecule has 60 valence electrons. The third-order valence-corrected chi connectivity index (χ3v) is 7.42. The normalized spacial score (nSPS) is 33.0. The molecule has 10 heavy (non-hydrogen) atoms. The minimum atomic E-state index is 0.876. The van der Waals surface area contributed by atoms with Crippen molar-refractivity contribution in [1.82, 2.24) is 0 Å². The van der Waals surface area contributed by atoms with Gasteiger partial charge in [-0.25, -0.2) is 0 Å². The van der Waals surface area contributed by atoms with Crippen LogP contribution >= 0.6 is 33.3 Å². The van der Waals surface area contributed by atoms with Gasteiger partial charge >= 0.3 is 0 Å². The van der Waals surface area contributed by atoms with Crippen LogP contribution in [0.4, 0.5) is 0 Å². The highest BCUT2D eigenvalue weighted by Crippen LogP contribution is 2.53. The molecule has 0 nitrogen and oxygen atoms in total. The maximum atomic E-state index is 2.28. The Morgan fingerprint density at radius 2 is 1.80 bits per heavy atom. The fourth-order valence-electron chi connectivity index (χ4n) is 0.855. The Balaban J connectivity index is 2.15. The third-order valence-electron chi connectivity index (χ3n) is 1.43. The predicted octanol–water partition coefficient (Wildman–Crippen LogP) is 3.98. The van der Waals surface area contributed by atoms with E-state index >= 15 is 0 Å². The highest BCUT2D eigenvalue weighted by Gasteiger charge is 2.24. The van der Waals surface area contributed by atoms with E-state index in [1.54, 1.807) is 0 Å². The zero-order valence-electron chi connectivity index (χ0n) is 6.50. The van der Waals surface area contributed by atoms with Crippen molar-refractivity contribution < 1.29 is 0 Å². The average molecular weight is 194 g/mol. The van der Waals surface area contributed by atoms with E-state index in [0.29, 0.717) is 0 Å². The van der Waals surface area contributed by atoms with Crippen LogP contribution < -0.4 is 0 Å². The van der Waals surface area contributed by atoms with Crippen LogP contribution in [-0.4, -0.2) is 9.16 Å². The molecule has 1 aliphatic heterocycles. The molecule has 3 heteroatoms. The Hall–Kier alpha value is 1.05. The molecule has 0 radical (unpaired) electrons.